The summed E-state index contributed by atoms with van der Waals surface area (Å²) in [6.45, 7) is 2.37. The van der Waals surface area contributed by atoms with E-state index in [0.717, 1.165) is 0 Å². The normalized spacial score (nSPS) is 9.95. The average Bonchev–Trinajstić information content (AvgIpc) is 2.48. The molecule has 2 aromatic rings. The second-order valence-electron chi connectivity index (χ2n) is 4.34. The predicted molar refractivity (Wildman–Crippen MR) is 77.8 cm³/mol. The largest absolute Gasteiger partial charge is 0.619 e. The molecule has 21 heavy (non-hydrogen) atoms. The van der Waals surface area contributed by atoms with Crippen LogP contribution in [0.5, 0.6) is 0 Å². The third-order valence-corrected chi connectivity index (χ3v) is 2.78. The minimum absolute atomic E-state index is 0.194. The molecule has 1 aromatic carbocycles. The zero-order valence-corrected chi connectivity index (χ0v) is 11.5. The SMILES string of the molecule is CCNC(=O)c1cccc(NC(=O)c2cc[n+]([O-])cc2)c1. The maximum absolute atomic E-state index is 12.0. The molecule has 2 amide bonds. The number of hydrogen-bond donors (Lipinski definition) is 2. The van der Waals surface area contributed by atoms with E-state index in [2.05, 4.69) is 10.6 Å². The molecule has 1 heterocycles. The van der Waals surface area contributed by atoms with Gasteiger partial charge in [0.1, 0.15) is 0 Å². The zero-order chi connectivity index (χ0) is 15.2. The number of hydrogen-bond acceptors (Lipinski definition) is 3. The van der Waals surface area contributed by atoms with Gasteiger partial charge < -0.3 is 15.8 Å². The van der Waals surface area contributed by atoms with Gasteiger partial charge in [-0.25, -0.2) is 0 Å². The van der Waals surface area contributed by atoms with Crippen molar-refractivity contribution in [2.45, 2.75) is 6.92 Å². The van der Waals surface area contributed by atoms with E-state index in [0.29, 0.717) is 28.1 Å². The van der Waals surface area contributed by atoms with Crippen LogP contribution in [0.2, 0.25) is 0 Å². The van der Waals surface area contributed by atoms with E-state index in [9.17, 15) is 14.8 Å². The van der Waals surface area contributed by atoms with Crippen molar-refractivity contribution < 1.29 is 14.3 Å². The number of carbonyl (C=O) groups excluding carboxylic acids is 2. The fourth-order valence-corrected chi connectivity index (χ4v) is 1.77. The summed E-state index contributed by atoms with van der Waals surface area (Å²) in [7, 11) is 0. The third-order valence-electron chi connectivity index (χ3n) is 2.78. The Labute approximate surface area is 122 Å². The molecule has 2 rings (SSSR count). The summed E-state index contributed by atoms with van der Waals surface area (Å²) in [4.78, 5) is 23.7. The molecule has 0 aliphatic heterocycles. The lowest BCUT2D eigenvalue weighted by Crippen LogP contribution is -2.25. The Bertz CT molecular complexity index is 653. The van der Waals surface area contributed by atoms with E-state index in [1.54, 1.807) is 24.3 Å². The summed E-state index contributed by atoms with van der Waals surface area (Å²) in [5, 5.41) is 16.3. The maximum atomic E-state index is 12.0. The maximum Gasteiger partial charge on any atom is 0.256 e. The first-order valence-corrected chi connectivity index (χ1v) is 6.48. The van der Waals surface area contributed by atoms with Gasteiger partial charge in [0, 0.05) is 29.9 Å². The second kappa shape index (κ2) is 6.51. The number of amides is 2. The number of benzene rings is 1. The molecule has 108 valence electrons. The smallest absolute Gasteiger partial charge is 0.256 e. The molecule has 2 N–H and O–H groups in total. The lowest BCUT2D eigenvalue weighted by atomic mass is 10.1. The molecule has 0 saturated carbocycles. The van der Waals surface area contributed by atoms with Gasteiger partial charge in [-0.3, -0.25) is 9.59 Å². The van der Waals surface area contributed by atoms with Crippen LogP contribution in [0.3, 0.4) is 0 Å². The highest BCUT2D eigenvalue weighted by Gasteiger charge is 2.09. The lowest BCUT2D eigenvalue weighted by Gasteiger charge is -2.07. The van der Waals surface area contributed by atoms with Crippen LogP contribution in [0.1, 0.15) is 27.6 Å². The average molecular weight is 285 g/mol. The molecular formula is C15H15N3O3. The molecule has 0 fully saturated rings. The number of pyridine rings is 1. The Morgan fingerprint density at radius 1 is 1.10 bits per heavy atom. The van der Waals surface area contributed by atoms with Crippen LogP contribution >= 0.6 is 0 Å². The number of nitrogens with one attached hydrogen (secondary N) is 2. The van der Waals surface area contributed by atoms with Crippen molar-refractivity contribution in [3.05, 3.63) is 65.1 Å². The number of aromatic nitrogens is 1. The van der Waals surface area contributed by atoms with Crippen molar-refractivity contribution in [2.24, 2.45) is 0 Å². The van der Waals surface area contributed by atoms with Crippen LogP contribution in [0.15, 0.2) is 48.8 Å². The minimum atomic E-state index is -0.344. The molecule has 6 nitrogen and oxygen atoms in total. The Kier molecular flexibility index (Phi) is 4.50. The van der Waals surface area contributed by atoms with Crippen molar-refractivity contribution in [3.8, 4) is 0 Å². The monoisotopic (exact) mass is 285 g/mol. The van der Waals surface area contributed by atoms with Crippen LogP contribution in [0.25, 0.3) is 0 Å². The highest BCUT2D eigenvalue weighted by atomic mass is 16.5. The Morgan fingerprint density at radius 3 is 2.48 bits per heavy atom. The lowest BCUT2D eigenvalue weighted by molar-refractivity contribution is -0.605. The van der Waals surface area contributed by atoms with Crippen molar-refractivity contribution in [1.82, 2.24) is 5.32 Å². The van der Waals surface area contributed by atoms with Crippen LogP contribution in [0.4, 0.5) is 5.69 Å². The predicted octanol–water partition coefficient (Wildman–Crippen LogP) is 1.32. The van der Waals surface area contributed by atoms with E-state index in [-0.39, 0.29) is 11.8 Å². The molecule has 0 bridgehead atoms. The fourth-order valence-electron chi connectivity index (χ4n) is 1.77. The zero-order valence-electron chi connectivity index (χ0n) is 11.5. The summed E-state index contributed by atoms with van der Waals surface area (Å²) in [5.41, 5.74) is 1.35. The van der Waals surface area contributed by atoms with Crippen molar-refractivity contribution in [3.63, 3.8) is 0 Å². The first-order valence-electron chi connectivity index (χ1n) is 6.48. The Hall–Kier alpha value is -2.89. The van der Waals surface area contributed by atoms with E-state index in [4.69, 9.17) is 0 Å². The molecule has 0 unspecified atom stereocenters. The summed E-state index contributed by atoms with van der Waals surface area (Å²) in [6.07, 6.45) is 2.50. The molecule has 0 aliphatic rings. The molecule has 0 radical (unpaired) electrons. The number of nitrogens with zero attached hydrogens (tertiary/aromatic N) is 1. The standard InChI is InChI=1S/C15H15N3O3/c1-2-16-14(19)12-4-3-5-13(10-12)17-15(20)11-6-8-18(21)9-7-11/h3-10H,2H2,1H3,(H,16,19)(H,17,20). The van der Waals surface area contributed by atoms with Crippen molar-refractivity contribution >= 4 is 17.5 Å². The summed E-state index contributed by atoms with van der Waals surface area (Å²) >= 11 is 0. The van der Waals surface area contributed by atoms with Gasteiger partial charge in [-0.15, -0.1) is 0 Å². The van der Waals surface area contributed by atoms with Gasteiger partial charge in [-0.2, -0.15) is 4.73 Å². The van der Waals surface area contributed by atoms with E-state index < -0.39 is 0 Å². The highest BCUT2D eigenvalue weighted by molar-refractivity contribution is 6.05. The molecule has 6 heteroatoms. The topological polar surface area (TPSA) is 85.1 Å². The number of rotatable bonds is 4. The number of anilines is 1. The molecule has 0 aliphatic carbocycles. The van der Waals surface area contributed by atoms with E-state index in [1.807, 2.05) is 6.92 Å². The molecule has 0 saturated heterocycles. The van der Waals surface area contributed by atoms with Crippen LogP contribution in [-0.2, 0) is 0 Å². The van der Waals surface area contributed by atoms with Gasteiger partial charge in [0.2, 0.25) is 0 Å². The van der Waals surface area contributed by atoms with Gasteiger partial charge in [-0.05, 0) is 25.1 Å². The number of carbonyl (C=O) groups is 2. The Balaban J connectivity index is 2.12. The minimum Gasteiger partial charge on any atom is -0.619 e. The van der Waals surface area contributed by atoms with Crippen molar-refractivity contribution in [1.29, 1.82) is 0 Å². The van der Waals surface area contributed by atoms with Gasteiger partial charge in [0.25, 0.3) is 11.8 Å². The molecule has 0 spiro atoms. The van der Waals surface area contributed by atoms with E-state index in [1.165, 1.54) is 24.5 Å². The van der Waals surface area contributed by atoms with Gasteiger partial charge in [0.15, 0.2) is 12.4 Å². The van der Waals surface area contributed by atoms with Crippen LogP contribution < -0.4 is 15.4 Å². The van der Waals surface area contributed by atoms with Crippen LogP contribution in [0, 0.1) is 5.21 Å². The molecular weight excluding hydrogens is 270 g/mol. The third kappa shape index (κ3) is 3.79. The summed E-state index contributed by atoms with van der Waals surface area (Å²) in [5.74, 6) is -0.538. The second-order valence-corrected chi connectivity index (χ2v) is 4.34. The van der Waals surface area contributed by atoms with Gasteiger partial charge >= 0.3 is 0 Å². The fraction of sp³-hybridized carbons (Fsp3) is 0.133. The molecule has 1 aromatic heterocycles. The first-order chi connectivity index (χ1) is 10.1. The quantitative estimate of drug-likeness (QED) is 0.656. The van der Waals surface area contributed by atoms with Crippen molar-refractivity contribution in [2.75, 3.05) is 11.9 Å². The molecule has 0 atom stereocenters. The summed E-state index contributed by atoms with van der Waals surface area (Å²) < 4.78 is 0.604. The Morgan fingerprint density at radius 2 is 1.81 bits per heavy atom. The van der Waals surface area contributed by atoms with E-state index >= 15 is 0 Å². The van der Waals surface area contributed by atoms with Gasteiger partial charge in [0.05, 0.1) is 5.56 Å². The first kappa shape index (κ1) is 14.5. The van der Waals surface area contributed by atoms with Crippen LogP contribution in [-0.4, -0.2) is 18.4 Å². The highest BCUT2D eigenvalue weighted by Crippen LogP contribution is 2.12. The van der Waals surface area contributed by atoms with Gasteiger partial charge in [-0.1, -0.05) is 6.07 Å². The summed E-state index contributed by atoms with van der Waals surface area (Å²) in [6, 6.07) is 9.50.